The smallest absolute Gasteiger partial charge is 0.347 e. The largest absolute Gasteiger partial charge is 0.459 e. The minimum absolute atomic E-state index is 0.246. The normalized spacial score (nSPS) is 20.4. The van der Waals surface area contributed by atoms with E-state index in [1.807, 2.05) is 117 Å². The summed E-state index contributed by atoms with van der Waals surface area (Å²) >= 11 is 0. The summed E-state index contributed by atoms with van der Waals surface area (Å²) in [7, 11) is 0. The molecule has 7 rings (SSSR count). The van der Waals surface area contributed by atoms with Crippen LogP contribution in [-0.2, 0) is 38.8 Å². The summed E-state index contributed by atoms with van der Waals surface area (Å²) in [5, 5.41) is 0.720. The van der Waals surface area contributed by atoms with Crippen LogP contribution in [0.5, 0.6) is 5.75 Å². The number of hydrogen-bond donors (Lipinski definition) is 0. The van der Waals surface area contributed by atoms with Crippen molar-refractivity contribution >= 4 is 17.0 Å². The van der Waals surface area contributed by atoms with E-state index in [4.69, 9.17) is 28.1 Å². The average molecular weight is 617 g/mol. The van der Waals surface area contributed by atoms with Gasteiger partial charge < -0.3 is 28.1 Å². The highest BCUT2D eigenvalue weighted by Gasteiger charge is 2.47. The van der Waals surface area contributed by atoms with E-state index in [0.29, 0.717) is 42.3 Å². The molecule has 234 valence electrons. The zero-order valence-corrected chi connectivity index (χ0v) is 25.9. The van der Waals surface area contributed by atoms with Crippen molar-refractivity contribution in [3.05, 3.63) is 153 Å². The molecular formula is C39H36O7. The van der Waals surface area contributed by atoms with Crippen LogP contribution in [0.4, 0.5) is 0 Å². The molecule has 7 nitrogen and oxygen atoms in total. The molecule has 1 saturated heterocycles. The fourth-order valence-corrected chi connectivity index (χ4v) is 5.96. The van der Waals surface area contributed by atoms with E-state index >= 15 is 0 Å². The lowest BCUT2D eigenvalue weighted by Gasteiger charge is -2.44. The highest BCUT2D eigenvalue weighted by molar-refractivity contribution is 5.89. The van der Waals surface area contributed by atoms with Crippen LogP contribution in [0.1, 0.15) is 33.4 Å². The highest BCUT2D eigenvalue weighted by Crippen LogP contribution is 2.41. The van der Waals surface area contributed by atoms with Crippen LogP contribution < -0.4 is 10.4 Å². The van der Waals surface area contributed by atoms with Gasteiger partial charge in [-0.1, -0.05) is 91.0 Å². The quantitative estimate of drug-likeness (QED) is 0.153. The van der Waals surface area contributed by atoms with Crippen molar-refractivity contribution in [1.82, 2.24) is 0 Å². The first-order chi connectivity index (χ1) is 22.5. The maximum Gasteiger partial charge on any atom is 0.347 e. The van der Waals surface area contributed by atoms with Crippen LogP contribution in [0.15, 0.2) is 118 Å². The molecule has 7 heteroatoms. The van der Waals surface area contributed by atoms with Gasteiger partial charge in [0.2, 0.25) is 6.29 Å². The minimum atomic E-state index is -0.818. The lowest BCUT2D eigenvalue weighted by molar-refractivity contribution is -0.229. The first-order valence-corrected chi connectivity index (χ1v) is 15.6. The van der Waals surface area contributed by atoms with E-state index in [1.165, 1.54) is 0 Å². The zero-order valence-electron chi connectivity index (χ0n) is 25.9. The van der Waals surface area contributed by atoms with E-state index in [9.17, 15) is 4.79 Å². The van der Waals surface area contributed by atoms with Gasteiger partial charge in [0.25, 0.3) is 0 Å². The van der Waals surface area contributed by atoms with Crippen LogP contribution >= 0.6 is 0 Å². The first-order valence-electron chi connectivity index (χ1n) is 15.6. The number of aryl methyl sites for hydroxylation is 2. The van der Waals surface area contributed by atoms with Crippen molar-refractivity contribution < 1.29 is 28.1 Å². The van der Waals surface area contributed by atoms with E-state index in [-0.39, 0.29) is 6.61 Å². The van der Waals surface area contributed by atoms with Crippen LogP contribution in [0, 0.1) is 13.8 Å². The van der Waals surface area contributed by atoms with Crippen molar-refractivity contribution in [3.63, 3.8) is 0 Å². The second kappa shape index (κ2) is 13.4. The maximum atomic E-state index is 13.3. The second-order valence-electron chi connectivity index (χ2n) is 11.8. The van der Waals surface area contributed by atoms with Gasteiger partial charge in [0.15, 0.2) is 0 Å². The molecule has 0 radical (unpaired) electrons. The predicted octanol–water partition coefficient (Wildman–Crippen LogP) is 7.30. The van der Waals surface area contributed by atoms with Crippen molar-refractivity contribution in [2.45, 2.75) is 58.3 Å². The number of benzene rings is 4. The van der Waals surface area contributed by atoms with Gasteiger partial charge in [-0.25, -0.2) is 4.79 Å². The zero-order chi connectivity index (χ0) is 31.5. The lowest BCUT2D eigenvalue weighted by atomic mass is 9.92. The van der Waals surface area contributed by atoms with Crippen molar-refractivity contribution in [2.24, 2.45) is 0 Å². The molecule has 1 aromatic heterocycles. The van der Waals surface area contributed by atoms with Gasteiger partial charge in [-0.15, -0.1) is 0 Å². The van der Waals surface area contributed by atoms with Gasteiger partial charge in [0, 0.05) is 5.57 Å². The third-order valence-corrected chi connectivity index (χ3v) is 8.56. The fraction of sp³-hybridized carbons (Fsp3) is 0.256. The molecule has 0 aliphatic carbocycles. The second-order valence-corrected chi connectivity index (χ2v) is 11.8. The summed E-state index contributed by atoms with van der Waals surface area (Å²) in [6, 6.07) is 33.8. The van der Waals surface area contributed by atoms with Gasteiger partial charge >= 0.3 is 5.63 Å². The molecule has 0 saturated carbocycles. The molecule has 0 N–H and O–H groups in total. The van der Waals surface area contributed by atoms with Crippen LogP contribution in [0.3, 0.4) is 0 Å². The fourth-order valence-electron chi connectivity index (χ4n) is 5.96. The van der Waals surface area contributed by atoms with Gasteiger partial charge in [0.1, 0.15) is 35.2 Å². The van der Waals surface area contributed by atoms with E-state index in [1.54, 1.807) is 6.08 Å². The maximum absolute atomic E-state index is 13.3. The lowest BCUT2D eigenvalue weighted by Crippen LogP contribution is -2.56. The summed E-state index contributed by atoms with van der Waals surface area (Å²) in [4.78, 5) is 13.3. The number of ether oxygens (including phenoxy) is 5. The van der Waals surface area contributed by atoms with Crippen molar-refractivity contribution in [3.8, 4) is 5.75 Å². The monoisotopic (exact) mass is 616 g/mol. The third-order valence-electron chi connectivity index (χ3n) is 8.56. The number of hydrogen-bond acceptors (Lipinski definition) is 7. The molecule has 4 aromatic carbocycles. The predicted molar refractivity (Wildman–Crippen MR) is 175 cm³/mol. The molecule has 2 aliphatic rings. The molecule has 2 aliphatic heterocycles. The minimum Gasteiger partial charge on any atom is -0.459 e. The Morgan fingerprint density at radius 3 is 1.96 bits per heavy atom. The Balaban J connectivity index is 1.27. The molecule has 0 unspecified atom stereocenters. The highest BCUT2D eigenvalue weighted by atomic mass is 16.7. The molecule has 1 fully saturated rings. The molecule has 0 bridgehead atoms. The molecule has 46 heavy (non-hydrogen) atoms. The topological polar surface area (TPSA) is 76.4 Å². The summed E-state index contributed by atoms with van der Waals surface area (Å²) in [5.41, 5.74) is 6.18. The SMILES string of the molecule is Cc1cc2oc(=O)c3c(c2cc1C)O[C@@H]1O[C@H](COCc2ccccc2)[C@@H](OCc2ccccc2)[C@H](OCc2ccccc2)C1=C3. The molecule has 0 amide bonds. The van der Waals surface area contributed by atoms with E-state index in [2.05, 4.69) is 0 Å². The Hall–Kier alpha value is -4.53. The Labute approximate surface area is 267 Å². The van der Waals surface area contributed by atoms with Crippen molar-refractivity contribution in [2.75, 3.05) is 6.61 Å². The number of rotatable bonds is 10. The summed E-state index contributed by atoms with van der Waals surface area (Å²) in [6.45, 7) is 5.35. The Morgan fingerprint density at radius 2 is 1.30 bits per heavy atom. The standard InChI is InChI=1S/C39H36O7/c1-25-18-30-33(19-26(25)2)44-38(40)31-20-32-36(42-22-28-14-8-4-9-15-28)37(43-23-29-16-10-5-11-17-29)34(45-39(32)46-35(30)31)24-41-21-27-12-6-3-7-13-27/h3-20,34,36-37,39H,21-24H2,1-2H3/t34-,36-,37-,39+/m1/s1. The molecular weight excluding hydrogens is 580 g/mol. The van der Waals surface area contributed by atoms with Gasteiger partial charge in [-0.3, -0.25) is 0 Å². The van der Waals surface area contributed by atoms with E-state index < -0.39 is 30.2 Å². The van der Waals surface area contributed by atoms with Crippen molar-refractivity contribution in [1.29, 1.82) is 0 Å². The van der Waals surface area contributed by atoms with Crippen LogP contribution in [0.25, 0.3) is 17.0 Å². The summed E-state index contributed by atoms with van der Waals surface area (Å²) in [6.07, 6.45) is -0.714. The first kappa shape index (κ1) is 30.1. The molecule has 0 spiro atoms. The third kappa shape index (κ3) is 6.41. The van der Waals surface area contributed by atoms with Crippen LogP contribution in [-0.4, -0.2) is 31.2 Å². The summed E-state index contributed by atoms with van der Waals surface area (Å²) in [5.74, 6) is 0.442. The Morgan fingerprint density at radius 1 is 0.717 bits per heavy atom. The van der Waals surface area contributed by atoms with Gasteiger partial charge in [-0.05, 0) is 59.9 Å². The number of fused-ring (bicyclic) bond motifs is 4. The van der Waals surface area contributed by atoms with Gasteiger partial charge in [-0.2, -0.15) is 0 Å². The Kier molecular flexibility index (Phi) is 8.81. The summed E-state index contributed by atoms with van der Waals surface area (Å²) < 4.78 is 38.5. The van der Waals surface area contributed by atoms with Crippen LogP contribution in [0.2, 0.25) is 0 Å². The molecule has 5 aromatic rings. The average Bonchev–Trinajstić information content (AvgIpc) is 3.08. The Bertz CT molecular complexity index is 1880. The van der Waals surface area contributed by atoms with E-state index in [0.717, 1.165) is 33.2 Å². The van der Waals surface area contributed by atoms with Gasteiger partial charge in [0.05, 0.1) is 31.8 Å². The molecule has 4 atom stereocenters. The molecule has 3 heterocycles.